The van der Waals surface area contributed by atoms with Crippen LogP contribution in [0.3, 0.4) is 0 Å². The molecular formula is C15H19NO3. The maximum absolute atomic E-state index is 11.6. The van der Waals surface area contributed by atoms with E-state index in [9.17, 15) is 4.79 Å². The number of aromatic nitrogens is 1. The number of rotatable bonds is 3. The molecule has 0 N–H and O–H groups in total. The van der Waals surface area contributed by atoms with E-state index >= 15 is 0 Å². The first-order chi connectivity index (χ1) is 9.15. The predicted molar refractivity (Wildman–Crippen MR) is 73.1 cm³/mol. The van der Waals surface area contributed by atoms with Crippen molar-refractivity contribution in [3.8, 4) is 5.88 Å². The molecule has 0 fully saturated rings. The van der Waals surface area contributed by atoms with Crippen LogP contribution in [0.5, 0.6) is 5.88 Å². The van der Waals surface area contributed by atoms with E-state index in [4.69, 9.17) is 9.47 Å². The molecule has 102 valence electrons. The largest absolute Gasteiger partial charge is 0.480 e. The summed E-state index contributed by atoms with van der Waals surface area (Å²) in [7, 11) is 2.86. The van der Waals surface area contributed by atoms with Gasteiger partial charge in [-0.05, 0) is 42.9 Å². The van der Waals surface area contributed by atoms with Crippen LogP contribution in [0.1, 0.15) is 42.2 Å². The normalized spacial score (nSPS) is 18.7. The van der Waals surface area contributed by atoms with Crippen molar-refractivity contribution in [2.24, 2.45) is 5.92 Å². The van der Waals surface area contributed by atoms with E-state index in [1.807, 2.05) is 6.07 Å². The molecule has 0 spiro atoms. The smallest absolute Gasteiger partial charge is 0.343 e. The minimum atomic E-state index is -0.429. The molecule has 1 aliphatic rings. The molecular weight excluding hydrogens is 242 g/mol. The van der Waals surface area contributed by atoms with E-state index < -0.39 is 5.97 Å². The van der Waals surface area contributed by atoms with Gasteiger partial charge in [-0.15, -0.1) is 0 Å². The Bertz CT molecular complexity index is 508. The molecule has 1 aromatic heterocycles. The molecule has 0 saturated heterocycles. The molecule has 1 atom stereocenters. The highest BCUT2D eigenvalue weighted by atomic mass is 16.5. The molecule has 1 heterocycles. The van der Waals surface area contributed by atoms with Crippen LogP contribution in [0.15, 0.2) is 18.2 Å². The Hall–Kier alpha value is -1.84. The summed E-state index contributed by atoms with van der Waals surface area (Å²) in [5, 5.41) is 0. The van der Waals surface area contributed by atoms with E-state index in [-0.39, 0.29) is 0 Å². The lowest BCUT2D eigenvalue weighted by Gasteiger charge is -2.18. The average Bonchev–Trinajstić information content (AvgIpc) is 2.46. The first-order valence-corrected chi connectivity index (χ1v) is 6.48. The van der Waals surface area contributed by atoms with Gasteiger partial charge in [0.05, 0.1) is 19.9 Å². The Morgan fingerprint density at radius 2 is 2.16 bits per heavy atom. The molecule has 4 nitrogen and oxygen atoms in total. The summed E-state index contributed by atoms with van der Waals surface area (Å²) >= 11 is 0. The van der Waals surface area contributed by atoms with E-state index in [1.165, 1.54) is 26.2 Å². The second-order valence-electron chi connectivity index (χ2n) is 4.85. The van der Waals surface area contributed by atoms with Gasteiger partial charge in [0.1, 0.15) is 5.56 Å². The molecule has 1 unspecified atom stereocenters. The zero-order chi connectivity index (χ0) is 13.8. The Labute approximate surface area is 113 Å². The van der Waals surface area contributed by atoms with Crippen molar-refractivity contribution in [3.63, 3.8) is 0 Å². The fraction of sp³-hybridized carbons (Fsp3) is 0.467. The number of pyridine rings is 1. The van der Waals surface area contributed by atoms with Gasteiger partial charge in [-0.25, -0.2) is 9.78 Å². The maximum Gasteiger partial charge on any atom is 0.343 e. The Morgan fingerprint density at radius 1 is 1.37 bits per heavy atom. The predicted octanol–water partition coefficient (Wildman–Crippen LogP) is 3.08. The Balaban J connectivity index is 2.31. The van der Waals surface area contributed by atoms with Gasteiger partial charge in [0.25, 0.3) is 0 Å². The second-order valence-corrected chi connectivity index (χ2v) is 4.85. The summed E-state index contributed by atoms with van der Waals surface area (Å²) in [5.74, 6) is 0.631. The van der Waals surface area contributed by atoms with Crippen LogP contribution >= 0.6 is 0 Å². The highest BCUT2D eigenvalue weighted by molar-refractivity contribution is 5.92. The standard InChI is InChI=1S/C15H19NO3/c1-10-4-6-11(7-5-10)13-9-8-12(15(17)19-3)14(16-13)18-2/h6,8-10H,4-5,7H2,1-3H3. The zero-order valence-corrected chi connectivity index (χ0v) is 11.6. The summed E-state index contributed by atoms with van der Waals surface area (Å²) in [6.07, 6.45) is 5.51. The Morgan fingerprint density at radius 3 is 2.74 bits per heavy atom. The SMILES string of the molecule is COC(=O)c1ccc(C2=CCC(C)CC2)nc1OC. The number of methoxy groups -OCH3 is 2. The number of carbonyl (C=O) groups is 1. The highest BCUT2D eigenvalue weighted by Crippen LogP contribution is 2.30. The summed E-state index contributed by atoms with van der Waals surface area (Å²) in [4.78, 5) is 16.0. The fourth-order valence-corrected chi connectivity index (χ4v) is 2.24. The summed E-state index contributed by atoms with van der Waals surface area (Å²) in [5.41, 5.74) is 2.47. The number of ether oxygens (including phenoxy) is 2. The third kappa shape index (κ3) is 2.95. The van der Waals surface area contributed by atoms with Crippen molar-refractivity contribution in [1.82, 2.24) is 4.98 Å². The summed E-state index contributed by atoms with van der Waals surface area (Å²) in [6.45, 7) is 2.25. The van der Waals surface area contributed by atoms with Crippen molar-refractivity contribution in [3.05, 3.63) is 29.5 Å². The van der Waals surface area contributed by atoms with Crippen molar-refractivity contribution >= 4 is 11.5 Å². The van der Waals surface area contributed by atoms with E-state index in [2.05, 4.69) is 18.0 Å². The maximum atomic E-state index is 11.6. The quantitative estimate of drug-likeness (QED) is 0.784. The van der Waals surface area contributed by atoms with Crippen molar-refractivity contribution < 1.29 is 14.3 Å². The van der Waals surface area contributed by atoms with Gasteiger partial charge in [-0.2, -0.15) is 0 Å². The van der Waals surface area contributed by atoms with Crippen molar-refractivity contribution in [2.75, 3.05) is 14.2 Å². The first-order valence-electron chi connectivity index (χ1n) is 6.48. The third-order valence-corrected chi connectivity index (χ3v) is 3.46. The summed E-state index contributed by atoms with van der Waals surface area (Å²) < 4.78 is 9.89. The van der Waals surface area contributed by atoms with Crippen LogP contribution in [0.4, 0.5) is 0 Å². The minimum absolute atomic E-state index is 0.323. The molecule has 0 saturated carbocycles. The lowest BCUT2D eigenvalue weighted by Crippen LogP contribution is -2.08. The van der Waals surface area contributed by atoms with Gasteiger partial charge in [-0.3, -0.25) is 0 Å². The van der Waals surface area contributed by atoms with Crippen LogP contribution in [0.2, 0.25) is 0 Å². The monoisotopic (exact) mass is 261 g/mol. The third-order valence-electron chi connectivity index (χ3n) is 3.46. The number of hydrogen-bond acceptors (Lipinski definition) is 4. The van der Waals surface area contributed by atoms with Crippen LogP contribution in [-0.4, -0.2) is 25.2 Å². The van der Waals surface area contributed by atoms with Gasteiger partial charge >= 0.3 is 5.97 Å². The molecule has 0 bridgehead atoms. The van der Waals surface area contributed by atoms with Gasteiger partial charge < -0.3 is 9.47 Å². The first kappa shape index (κ1) is 13.6. The molecule has 1 aliphatic carbocycles. The molecule has 1 aromatic rings. The topological polar surface area (TPSA) is 48.4 Å². The molecule has 0 radical (unpaired) electrons. The fourth-order valence-electron chi connectivity index (χ4n) is 2.24. The Kier molecular flexibility index (Phi) is 4.20. The number of hydrogen-bond donors (Lipinski definition) is 0. The van der Waals surface area contributed by atoms with E-state index in [1.54, 1.807) is 6.07 Å². The lowest BCUT2D eigenvalue weighted by atomic mass is 9.89. The number of carbonyl (C=O) groups excluding carboxylic acids is 1. The number of nitrogens with zero attached hydrogens (tertiary/aromatic N) is 1. The molecule has 4 heteroatoms. The number of esters is 1. The highest BCUT2D eigenvalue weighted by Gasteiger charge is 2.17. The van der Waals surface area contributed by atoms with Gasteiger partial charge in [0.15, 0.2) is 0 Å². The van der Waals surface area contributed by atoms with Gasteiger partial charge in [0, 0.05) is 0 Å². The van der Waals surface area contributed by atoms with Crippen LogP contribution < -0.4 is 4.74 Å². The molecule has 0 aromatic carbocycles. The average molecular weight is 261 g/mol. The van der Waals surface area contributed by atoms with E-state index in [0.717, 1.165) is 24.5 Å². The molecule has 2 rings (SSSR count). The van der Waals surface area contributed by atoms with Crippen LogP contribution in [0.25, 0.3) is 5.57 Å². The molecule has 0 amide bonds. The van der Waals surface area contributed by atoms with Crippen LogP contribution in [0, 0.1) is 5.92 Å². The zero-order valence-electron chi connectivity index (χ0n) is 11.6. The lowest BCUT2D eigenvalue weighted by molar-refractivity contribution is 0.0596. The van der Waals surface area contributed by atoms with Gasteiger partial charge in [-0.1, -0.05) is 13.0 Å². The van der Waals surface area contributed by atoms with Crippen molar-refractivity contribution in [1.29, 1.82) is 0 Å². The van der Waals surface area contributed by atoms with E-state index in [0.29, 0.717) is 11.4 Å². The van der Waals surface area contributed by atoms with Crippen molar-refractivity contribution in [2.45, 2.75) is 26.2 Å². The second kappa shape index (κ2) is 5.87. The van der Waals surface area contributed by atoms with Crippen LogP contribution in [-0.2, 0) is 4.74 Å². The number of allylic oxidation sites excluding steroid dienone is 2. The summed E-state index contributed by atoms with van der Waals surface area (Å²) in [6, 6.07) is 3.57. The minimum Gasteiger partial charge on any atom is -0.480 e. The molecule has 0 aliphatic heterocycles. The molecule has 19 heavy (non-hydrogen) atoms. The van der Waals surface area contributed by atoms with Gasteiger partial charge in [0.2, 0.25) is 5.88 Å².